The van der Waals surface area contributed by atoms with Crippen LogP contribution in [-0.4, -0.2) is 53.9 Å². The van der Waals surface area contributed by atoms with E-state index in [9.17, 15) is 9.59 Å². The predicted molar refractivity (Wildman–Crippen MR) is 95.4 cm³/mol. The molecule has 0 aliphatic carbocycles. The Hall–Kier alpha value is -2.54. The number of hydroxylamine groups is 1. The molecular weight excluding hydrogens is 322 g/mol. The minimum Gasteiger partial charge on any atom is -0.444 e. The molecule has 1 saturated heterocycles. The summed E-state index contributed by atoms with van der Waals surface area (Å²) in [7, 11) is 0. The number of hydrogen-bond donors (Lipinski definition) is 2. The zero-order chi connectivity index (χ0) is 18.4. The molecule has 2 rings (SSSR count). The number of para-hydroxylation sites is 1. The van der Waals surface area contributed by atoms with Crippen LogP contribution >= 0.6 is 0 Å². The Morgan fingerprint density at radius 1 is 1.16 bits per heavy atom. The van der Waals surface area contributed by atoms with Gasteiger partial charge in [-0.15, -0.1) is 0 Å². The van der Waals surface area contributed by atoms with Crippen LogP contribution in [0.15, 0.2) is 30.3 Å². The van der Waals surface area contributed by atoms with E-state index >= 15 is 0 Å². The Bertz CT molecular complexity index is 644. The van der Waals surface area contributed by atoms with Gasteiger partial charge >= 0.3 is 6.09 Å². The molecule has 7 heteroatoms. The van der Waals surface area contributed by atoms with Crippen molar-refractivity contribution >= 4 is 23.8 Å². The minimum atomic E-state index is -0.579. The highest BCUT2D eigenvalue weighted by atomic mass is 16.6. The number of anilines is 1. The van der Waals surface area contributed by atoms with Crippen LogP contribution in [0.3, 0.4) is 0 Å². The van der Waals surface area contributed by atoms with Crippen LogP contribution in [0.2, 0.25) is 0 Å². The predicted octanol–water partition coefficient (Wildman–Crippen LogP) is 2.26. The first-order chi connectivity index (χ1) is 11.8. The summed E-state index contributed by atoms with van der Waals surface area (Å²) in [6, 6.07) is 7.69. The molecule has 0 bridgehead atoms. The average molecular weight is 347 g/mol. The van der Waals surface area contributed by atoms with E-state index in [4.69, 9.17) is 9.94 Å². The first-order valence-electron chi connectivity index (χ1n) is 8.24. The van der Waals surface area contributed by atoms with Crippen molar-refractivity contribution in [1.29, 1.82) is 0 Å². The number of hydrogen-bond acceptors (Lipinski definition) is 5. The van der Waals surface area contributed by atoms with Crippen LogP contribution < -0.4 is 10.4 Å². The van der Waals surface area contributed by atoms with Gasteiger partial charge in [-0.25, -0.2) is 10.3 Å². The smallest absolute Gasteiger partial charge is 0.410 e. The number of ether oxygens (including phenoxy) is 1. The fourth-order valence-electron chi connectivity index (χ4n) is 2.58. The number of piperazine rings is 1. The van der Waals surface area contributed by atoms with Crippen LogP contribution in [0, 0.1) is 0 Å². The van der Waals surface area contributed by atoms with Gasteiger partial charge in [-0.05, 0) is 38.5 Å². The summed E-state index contributed by atoms with van der Waals surface area (Å²) < 4.78 is 5.41. The van der Waals surface area contributed by atoms with Crippen LogP contribution in [0.5, 0.6) is 0 Å². The zero-order valence-electron chi connectivity index (χ0n) is 14.9. The average Bonchev–Trinajstić information content (AvgIpc) is 2.58. The summed E-state index contributed by atoms with van der Waals surface area (Å²) in [5.74, 6) is -0.579. The number of rotatable bonds is 3. The second-order valence-corrected chi connectivity index (χ2v) is 6.82. The second kappa shape index (κ2) is 8.02. The molecule has 0 aromatic heterocycles. The first kappa shape index (κ1) is 18.8. The van der Waals surface area contributed by atoms with E-state index in [0.717, 1.165) is 11.3 Å². The fraction of sp³-hybridized carbons (Fsp3) is 0.444. The van der Waals surface area contributed by atoms with Crippen LogP contribution in [-0.2, 0) is 9.53 Å². The lowest BCUT2D eigenvalue weighted by Crippen LogP contribution is -2.50. The highest BCUT2D eigenvalue weighted by Gasteiger charge is 2.26. The largest absolute Gasteiger partial charge is 0.444 e. The number of carbonyl (C=O) groups is 2. The summed E-state index contributed by atoms with van der Waals surface area (Å²) >= 11 is 0. The molecule has 1 aromatic rings. The molecule has 0 spiro atoms. The summed E-state index contributed by atoms with van der Waals surface area (Å²) in [6.45, 7) is 8.06. The van der Waals surface area contributed by atoms with Gasteiger partial charge in [0.05, 0.1) is 0 Å². The third kappa shape index (κ3) is 5.49. The van der Waals surface area contributed by atoms with E-state index in [1.807, 2.05) is 45.0 Å². The molecule has 1 aliphatic rings. The molecule has 0 unspecified atom stereocenters. The summed E-state index contributed by atoms with van der Waals surface area (Å²) in [5.41, 5.74) is 2.92. The molecule has 7 nitrogen and oxygen atoms in total. The van der Waals surface area contributed by atoms with E-state index in [1.54, 1.807) is 16.5 Å². The van der Waals surface area contributed by atoms with Gasteiger partial charge in [0.15, 0.2) is 0 Å². The lowest BCUT2D eigenvalue weighted by atomic mass is 10.1. The van der Waals surface area contributed by atoms with Gasteiger partial charge < -0.3 is 14.5 Å². The van der Waals surface area contributed by atoms with Gasteiger partial charge in [-0.1, -0.05) is 18.2 Å². The Morgan fingerprint density at radius 2 is 1.80 bits per heavy atom. The van der Waals surface area contributed by atoms with Crippen LogP contribution in [0.1, 0.15) is 26.3 Å². The van der Waals surface area contributed by atoms with Gasteiger partial charge in [0.1, 0.15) is 5.60 Å². The van der Waals surface area contributed by atoms with Crippen molar-refractivity contribution in [3.05, 3.63) is 35.9 Å². The molecule has 1 aliphatic heterocycles. The topological polar surface area (TPSA) is 82.1 Å². The third-order valence-corrected chi connectivity index (χ3v) is 3.73. The third-order valence-electron chi connectivity index (χ3n) is 3.73. The maximum absolute atomic E-state index is 12.1. The highest BCUT2D eigenvalue weighted by molar-refractivity contribution is 5.91. The van der Waals surface area contributed by atoms with Crippen molar-refractivity contribution in [2.45, 2.75) is 26.4 Å². The van der Waals surface area contributed by atoms with Crippen LogP contribution in [0.25, 0.3) is 6.08 Å². The Labute approximate surface area is 147 Å². The summed E-state index contributed by atoms with van der Waals surface area (Å²) in [5, 5.41) is 8.58. The number of nitrogens with one attached hydrogen (secondary N) is 1. The lowest BCUT2D eigenvalue weighted by molar-refractivity contribution is -0.124. The molecule has 0 radical (unpaired) electrons. The number of nitrogens with zero attached hydrogens (tertiary/aromatic N) is 2. The van der Waals surface area contributed by atoms with Gasteiger partial charge in [-0.3, -0.25) is 10.0 Å². The number of amides is 2. The lowest BCUT2D eigenvalue weighted by Gasteiger charge is -2.37. The molecule has 0 saturated carbocycles. The molecule has 1 heterocycles. The standard InChI is InChI=1S/C18H25N3O4/c1-18(2,3)25-17(23)21-12-10-20(11-13-21)15-7-5-4-6-14(15)8-9-16(22)19-24/h4-9,24H,10-13H2,1-3H3,(H,19,22)/b9-8+. The van der Waals surface area contributed by atoms with Crippen molar-refractivity contribution in [1.82, 2.24) is 10.4 Å². The van der Waals surface area contributed by atoms with Gasteiger partial charge in [0.2, 0.25) is 0 Å². The normalized spacial score (nSPS) is 15.4. The number of carbonyl (C=O) groups excluding carboxylic acids is 2. The Kier molecular flexibility index (Phi) is 6.03. The Morgan fingerprint density at radius 3 is 2.40 bits per heavy atom. The van der Waals surface area contributed by atoms with E-state index in [0.29, 0.717) is 26.2 Å². The van der Waals surface area contributed by atoms with Crippen molar-refractivity contribution < 1.29 is 19.5 Å². The van der Waals surface area contributed by atoms with E-state index in [2.05, 4.69) is 4.90 Å². The van der Waals surface area contributed by atoms with Crippen LogP contribution in [0.4, 0.5) is 10.5 Å². The molecule has 2 N–H and O–H groups in total. The minimum absolute atomic E-state index is 0.292. The molecule has 25 heavy (non-hydrogen) atoms. The fourth-order valence-corrected chi connectivity index (χ4v) is 2.58. The maximum Gasteiger partial charge on any atom is 0.410 e. The molecule has 2 amide bonds. The van der Waals surface area contributed by atoms with Gasteiger partial charge in [-0.2, -0.15) is 0 Å². The SMILES string of the molecule is CC(C)(C)OC(=O)N1CCN(c2ccccc2/C=C/C(=O)NO)CC1. The van der Waals surface area contributed by atoms with Gasteiger partial charge in [0.25, 0.3) is 5.91 Å². The maximum atomic E-state index is 12.1. The zero-order valence-corrected chi connectivity index (χ0v) is 14.9. The monoisotopic (exact) mass is 347 g/mol. The van der Waals surface area contributed by atoms with Crippen molar-refractivity contribution in [2.75, 3.05) is 31.1 Å². The molecular formula is C18H25N3O4. The van der Waals surface area contributed by atoms with Crippen molar-refractivity contribution in [3.8, 4) is 0 Å². The van der Waals surface area contributed by atoms with E-state index in [-0.39, 0.29) is 6.09 Å². The van der Waals surface area contributed by atoms with Crippen molar-refractivity contribution in [2.24, 2.45) is 0 Å². The van der Waals surface area contributed by atoms with Gasteiger partial charge in [0, 0.05) is 37.9 Å². The van der Waals surface area contributed by atoms with E-state index in [1.165, 1.54) is 6.08 Å². The molecule has 1 aromatic carbocycles. The number of benzene rings is 1. The van der Waals surface area contributed by atoms with Crippen molar-refractivity contribution in [3.63, 3.8) is 0 Å². The second-order valence-electron chi connectivity index (χ2n) is 6.82. The molecule has 1 fully saturated rings. The molecule has 136 valence electrons. The first-order valence-corrected chi connectivity index (χ1v) is 8.24. The molecule has 0 atom stereocenters. The van der Waals surface area contributed by atoms with E-state index < -0.39 is 11.5 Å². The highest BCUT2D eigenvalue weighted by Crippen LogP contribution is 2.23. The Balaban J connectivity index is 2.02. The summed E-state index contributed by atoms with van der Waals surface area (Å²) in [6.07, 6.45) is 2.64. The summed E-state index contributed by atoms with van der Waals surface area (Å²) in [4.78, 5) is 27.2. The quantitative estimate of drug-likeness (QED) is 0.498.